The number of benzene rings is 3. The van der Waals surface area contributed by atoms with Crippen LogP contribution in [0.5, 0.6) is 0 Å². The Bertz CT molecular complexity index is 1540. The van der Waals surface area contributed by atoms with Gasteiger partial charge in [0.25, 0.3) is 15.9 Å². The molecule has 2 heterocycles. The number of nitrogens with zero attached hydrogens (tertiary/aromatic N) is 1. The third-order valence-electron chi connectivity index (χ3n) is 6.43. The molecule has 0 spiro atoms. The predicted octanol–water partition coefficient (Wildman–Crippen LogP) is 5.28. The number of carbonyl (C=O) groups is 2. The molecule has 1 aliphatic heterocycles. The molecule has 1 unspecified atom stereocenters. The second-order valence-electron chi connectivity index (χ2n) is 8.84. The molecule has 7 nitrogen and oxygen atoms in total. The van der Waals surface area contributed by atoms with Crippen LogP contribution < -0.4 is 5.32 Å². The van der Waals surface area contributed by atoms with Gasteiger partial charge in [-0.25, -0.2) is 8.42 Å². The molecule has 0 bridgehead atoms. The maximum atomic E-state index is 13.4. The molecule has 0 aliphatic carbocycles. The van der Waals surface area contributed by atoms with E-state index in [-0.39, 0.29) is 17.2 Å². The number of nitrogens with one attached hydrogen (secondary N) is 1. The Morgan fingerprint density at radius 3 is 2.45 bits per heavy atom. The highest BCUT2D eigenvalue weighted by molar-refractivity contribution is 7.91. The average molecular weight is 547 g/mol. The van der Waals surface area contributed by atoms with Crippen molar-refractivity contribution in [1.29, 1.82) is 0 Å². The first-order valence-corrected chi connectivity index (χ1v) is 14.5. The van der Waals surface area contributed by atoms with E-state index in [4.69, 9.17) is 4.74 Å². The number of fused-ring (bicyclic) bond motifs is 1. The molecular formula is C29H26N2O5S2. The van der Waals surface area contributed by atoms with Crippen LogP contribution in [0.25, 0.3) is 11.1 Å². The van der Waals surface area contributed by atoms with Crippen molar-refractivity contribution in [3.8, 4) is 11.1 Å². The van der Waals surface area contributed by atoms with Crippen LogP contribution in [0.2, 0.25) is 0 Å². The van der Waals surface area contributed by atoms with E-state index in [0.717, 1.165) is 33.6 Å². The molecule has 0 saturated heterocycles. The number of carbonyl (C=O) groups excluding carboxylic acids is 2. The smallest absolute Gasteiger partial charge is 0.308 e. The summed E-state index contributed by atoms with van der Waals surface area (Å²) in [6, 6.07) is 27.1. The van der Waals surface area contributed by atoms with Crippen LogP contribution in [0.4, 0.5) is 5.69 Å². The maximum Gasteiger partial charge on any atom is 0.308 e. The van der Waals surface area contributed by atoms with Crippen LogP contribution in [-0.4, -0.2) is 37.8 Å². The highest BCUT2D eigenvalue weighted by atomic mass is 32.2. The van der Waals surface area contributed by atoms with Crippen molar-refractivity contribution < 1.29 is 22.7 Å². The van der Waals surface area contributed by atoms with Gasteiger partial charge in [0.1, 0.15) is 4.21 Å². The number of thiophene rings is 1. The number of sulfonamides is 1. The first-order valence-electron chi connectivity index (χ1n) is 12.2. The summed E-state index contributed by atoms with van der Waals surface area (Å²) in [6.45, 7) is -0.222. The quantitative estimate of drug-likeness (QED) is 0.304. The number of para-hydroxylation sites is 1. The number of hydrogen-bond acceptors (Lipinski definition) is 6. The second kappa shape index (κ2) is 11.3. The first-order chi connectivity index (χ1) is 18.4. The van der Waals surface area contributed by atoms with Crippen molar-refractivity contribution in [3.63, 3.8) is 0 Å². The number of esters is 1. The van der Waals surface area contributed by atoms with Gasteiger partial charge in [0, 0.05) is 17.8 Å². The van der Waals surface area contributed by atoms with Gasteiger partial charge in [0.15, 0.2) is 6.61 Å². The van der Waals surface area contributed by atoms with Crippen molar-refractivity contribution in [3.05, 3.63) is 108 Å². The average Bonchev–Trinajstić information content (AvgIpc) is 3.49. The van der Waals surface area contributed by atoms with Crippen molar-refractivity contribution in [2.24, 2.45) is 0 Å². The van der Waals surface area contributed by atoms with E-state index in [0.29, 0.717) is 12.1 Å². The molecule has 1 N–H and O–H groups in total. The van der Waals surface area contributed by atoms with E-state index in [1.807, 2.05) is 72.8 Å². The van der Waals surface area contributed by atoms with E-state index in [1.54, 1.807) is 23.6 Å². The minimum atomic E-state index is -3.79. The lowest BCUT2D eigenvalue weighted by molar-refractivity contribution is -0.148. The molecule has 0 saturated carbocycles. The Hall–Kier alpha value is -3.79. The lowest BCUT2D eigenvalue weighted by Gasteiger charge is -2.35. The number of anilines is 1. The van der Waals surface area contributed by atoms with Crippen LogP contribution in [0, 0.1) is 0 Å². The molecule has 3 aromatic carbocycles. The van der Waals surface area contributed by atoms with Crippen molar-refractivity contribution in [2.75, 3.05) is 18.5 Å². The maximum absolute atomic E-state index is 13.4. The van der Waals surface area contributed by atoms with Crippen molar-refractivity contribution in [2.45, 2.75) is 23.1 Å². The van der Waals surface area contributed by atoms with Crippen LogP contribution in [-0.2, 0) is 30.8 Å². The Kier molecular flexibility index (Phi) is 7.69. The summed E-state index contributed by atoms with van der Waals surface area (Å²) in [5.74, 6) is -1.13. The lowest BCUT2D eigenvalue weighted by atomic mass is 9.92. The Labute approximate surface area is 225 Å². The Morgan fingerprint density at radius 1 is 0.921 bits per heavy atom. The minimum absolute atomic E-state index is 0.199. The summed E-state index contributed by atoms with van der Waals surface area (Å²) in [7, 11) is -3.79. The van der Waals surface area contributed by atoms with Gasteiger partial charge in [-0.2, -0.15) is 4.31 Å². The van der Waals surface area contributed by atoms with E-state index in [1.165, 1.54) is 4.31 Å². The highest BCUT2D eigenvalue weighted by Gasteiger charge is 2.38. The molecule has 1 aromatic heterocycles. The summed E-state index contributed by atoms with van der Waals surface area (Å²) >= 11 is 1.14. The molecule has 0 fully saturated rings. The third-order valence-corrected chi connectivity index (χ3v) is 9.71. The normalized spacial score (nSPS) is 15.4. The van der Waals surface area contributed by atoms with Crippen molar-refractivity contribution in [1.82, 2.24) is 4.31 Å². The topological polar surface area (TPSA) is 92.8 Å². The molecule has 9 heteroatoms. The van der Waals surface area contributed by atoms with Gasteiger partial charge in [0.2, 0.25) is 0 Å². The zero-order chi connectivity index (χ0) is 26.5. The summed E-state index contributed by atoms with van der Waals surface area (Å²) in [6.07, 6.45) is 0.352. The number of hydrogen-bond donors (Lipinski definition) is 1. The molecule has 194 valence electrons. The van der Waals surface area contributed by atoms with E-state index < -0.39 is 34.5 Å². The van der Waals surface area contributed by atoms with Gasteiger partial charge < -0.3 is 10.1 Å². The van der Waals surface area contributed by atoms with Crippen LogP contribution in [0.1, 0.15) is 23.6 Å². The first kappa shape index (κ1) is 25.8. The summed E-state index contributed by atoms with van der Waals surface area (Å²) in [5, 5.41) is 4.53. The van der Waals surface area contributed by atoms with Gasteiger partial charge in [0.05, 0.1) is 12.5 Å². The third kappa shape index (κ3) is 5.55. The molecule has 0 radical (unpaired) electrons. The summed E-state index contributed by atoms with van der Waals surface area (Å²) in [4.78, 5) is 25.6. The molecule has 5 rings (SSSR count). The van der Waals surface area contributed by atoms with Gasteiger partial charge in [-0.15, -0.1) is 11.3 Å². The number of rotatable bonds is 8. The molecular weight excluding hydrogens is 520 g/mol. The van der Waals surface area contributed by atoms with Gasteiger partial charge in [-0.3, -0.25) is 9.59 Å². The number of ether oxygens (including phenoxy) is 1. The molecule has 1 amide bonds. The SMILES string of the molecule is O=C(COC(=O)CC1c2ccccc2CCN1S(=O)(=O)c1cccs1)Nc1ccccc1-c1ccccc1. The number of amides is 1. The fraction of sp³-hybridized carbons (Fsp3) is 0.172. The van der Waals surface area contributed by atoms with E-state index >= 15 is 0 Å². The van der Waals surface area contributed by atoms with Crippen molar-refractivity contribution >= 4 is 38.9 Å². The second-order valence-corrected chi connectivity index (χ2v) is 11.9. The fourth-order valence-electron chi connectivity index (χ4n) is 4.66. The summed E-state index contributed by atoms with van der Waals surface area (Å²) < 4.78 is 33.7. The fourth-order valence-corrected chi connectivity index (χ4v) is 7.39. The van der Waals surface area contributed by atoms with Crippen LogP contribution in [0.3, 0.4) is 0 Å². The van der Waals surface area contributed by atoms with Gasteiger partial charge in [-0.1, -0.05) is 78.9 Å². The lowest BCUT2D eigenvalue weighted by Crippen LogP contribution is -2.41. The molecule has 1 atom stereocenters. The molecule has 4 aromatic rings. The standard InChI is InChI=1S/C29H26N2O5S2/c32-27(30-25-14-7-6-12-23(25)21-9-2-1-3-10-21)20-36-28(33)19-26-24-13-5-4-11-22(24)16-17-31(26)38(34,35)29-15-8-18-37-29/h1-15,18,26H,16-17,19-20H2,(H,30,32). The summed E-state index contributed by atoms with van der Waals surface area (Å²) in [5.41, 5.74) is 4.17. The van der Waals surface area contributed by atoms with Gasteiger partial charge in [-0.05, 0) is 40.6 Å². The van der Waals surface area contributed by atoms with Crippen LogP contribution >= 0.6 is 11.3 Å². The predicted molar refractivity (Wildman–Crippen MR) is 147 cm³/mol. The zero-order valence-corrected chi connectivity index (χ0v) is 22.1. The molecule has 1 aliphatic rings. The highest BCUT2D eigenvalue weighted by Crippen LogP contribution is 2.37. The monoisotopic (exact) mass is 546 g/mol. The van der Waals surface area contributed by atoms with E-state index in [9.17, 15) is 18.0 Å². The van der Waals surface area contributed by atoms with Gasteiger partial charge >= 0.3 is 5.97 Å². The Morgan fingerprint density at radius 2 is 1.66 bits per heavy atom. The molecule has 38 heavy (non-hydrogen) atoms. The zero-order valence-electron chi connectivity index (χ0n) is 20.4. The largest absolute Gasteiger partial charge is 0.456 e. The van der Waals surface area contributed by atoms with Crippen LogP contribution in [0.15, 0.2) is 101 Å². The minimum Gasteiger partial charge on any atom is -0.456 e. The Balaban J connectivity index is 1.28. The van der Waals surface area contributed by atoms with E-state index in [2.05, 4.69) is 5.32 Å².